The lowest BCUT2D eigenvalue weighted by molar-refractivity contribution is 0.0602. The Bertz CT molecular complexity index is 1460. The van der Waals surface area contributed by atoms with Gasteiger partial charge in [0.15, 0.2) is 0 Å². The number of amides is 1. The Morgan fingerprint density at radius 3 is 2.61 bits per heavy atom. The normalized spacial score (nSPS) is 13.6. The number of pyridine rings is 1. The van der Waals surface area contributed by atoms with E-state index in [4.69, 9.17) is 14.0 Å². The van der Waals surface area contributed by atoms with Crippen LogP contribution in [0.1, 0.15) is 26.4 Å². The summed E-state index contributed by atoms with van der Waals surface area (Å²) in [6.07, 6.45) is 0. The lowest BCUT2D eigenvalue weighted by Gasteiger charge is -2.29. The molecular weight excluding hydrogens is 467 g/mol. The van der Waals surface area contributed by atoms with Gasteiger partial charge in [-0.1, -0.05) is 17.3 Å². The molecule has 4 aromatic rings. The number of hydrogen-bond acceptors (Lipinski definition) is 8. The molecular formula is C26H23FN4O5. The number of esters is 1. The Morgan fingerprint density at radius 2 is 1.86 bits per heavy atom. The topological polar surface area (TPSA) is 107 Å². The first-order valence-corrected chi connectivity index (χ1v) is 11.3. The smallest absolute Gasteiger partial charge is 0.340 e. The van der Waals surface area contributed by atoms with E-state index in [0.29, 0.717) is 37.4 Å². The van der Waals surface area contributed by atoms with Crippen LogP contribution >= 0.6 is 0 Å². The fourth-order valence-electron chi connectivity index (χ4n) is 4.21. The summed E-state index contributed by atoms with van der Waals surface area (Å²) < 4.78 is 30.1. The summed E-state index contributed by atoms with van der Waals surface area (Å²) in [6.45, 7) is 4.24. The highest BCUT2D eigenvalue weighted by atomic mass is 19.1. The summed E-state index contributed by atoms with van der Waals surface area (Å²) in [7, 11) is 1.28. The van der Waals surface area contributed by atoms with Gasteiger partial charge >= 0.3 is 5.97 Å². The highest BCUT2D eigenvalue weighted by molar-refractivity contribution is 6.14. The van der Waals surface area contributed by atoms with Gasteiger partial charge in [-0.2, -0.15) is 0 Å². The molecule has 1 aliphatic heterocycles. The number of morpholine rings is 1. The molecule has 5 rings (SSSR count). The number of nitrogens with zero attached hydrogens (tertiary/aromatic N) is 3. The van der Waals surface area contributed by atoms with Crippen LogP contribution in [0.4, 0.5) is 15.8 Å². The van der Waals surface area contributed by atoms with Crippen molar-refractivity contribution in [3.8, 4) is 11.3 Å². The first-order valence-electron chi connectivity index (χ1n) is 11.3. The molecule has 0 aliphatic carbocycles. The van der Waals surface area contributed by atoms with Crippen LogP contribution in [0, 0.1) is 12.7 Å². The van der Waals surface area contributed by atoms with Crippen LogP contribution in [0.15, 0.2) is 53.1 Å². The second kappa shape index (κ2) is 9.74. The van der Waals surface area contributed by atoms with Gasteiger partial charge in [-0.05, 0) is 43.3 Å². The Labute approximate surface area is 205 Å². The van der Waals surface area contributed by atoms with Crippen LogP contribution in [0.25, 0.3) is 22.4 Å². The summed E-state index contributed by atoms with van der Waals surface area (Å²) in [4.78, 5) is 32.6. The number of benzene rings is 2. The van der Waals surface area contributed by atoms with Crippen LogP contribution in [-0.4, -0.2) is 55.4 Å². The molecule has 1 aliphatic rings. The van der Waals surface area contributed by atoms with Gasteiger partial charge in [0, 0.05) is 24.3 Å². The largest absolute Gasteiger partial charge is 0.465 e. The number of fused-ring (bicyclic) bond motifs is 1. The highest BCUT2D eigenvalue weighted by Gasteiger charge is 2.23. The third-order valence-corrected chi connectivity index (χ3v) is 6.04. The maximum Gasteiger partial charge on any atom is 0.340 e. The number of halogens is 1. The zero-order chi connectivity index (χ0) is 25.2. The van der Waals surface area contributed by atoms with E-state index in [-0.39, 0.29) is 33.8 Å². The molecule has 1 saturated heterocycles. The Kier molecular flexibility index (Phi) is 6.34. The summed E-state index contributed by atoms with van der Waals surface area (Å²) in [5, 5.41) is 7.13. The number of carbonyl (C=O) groups is 2. The summed E-state index contributed by atoms with van der Waals surface area (Å²) in [5.74, 6) is -1.61. The molecule has 2 aromatic heterocycles. The van der Waals surface area contributed by atoms with Crippen molar-refractivity contribution in [1.82, 2.24) is 10.1 Å². The average molecular weight is 490 g/mol. The van der Waals surface area contributed by atoms with Crippen molar-refractivity contribution in [2.24, 2.45) is 0 Å². The molecule has 9 nitrogen and oxygen atoms in total. The fourth-order valence-corrected chi connectivity index (χ4v) is 4.21. The van der Waals surface area contributed by atoms with Gasteiger partial charge in [0.05, 0.1) is 53.9 Å². The molecule has 10 heteroatoms. The van der Waals surface area contributed by atoms with E-state index in [1.54, 1.807) is 37.3 Å². The molecule has 184 valence electrons. The summed E-state index contributed by atoms with van der Waals surface area (Å²) >= 11 is 0. The number of rotatable bonds is 5. The summed E-state index contributed by atoms with van der Waals surface area (Å²) in [6, 6.07) is 12.8. The average Bonchev–Trinajstić information content (AvgIpc) is 3.29. The molecule has 1 fully saturated rings. The Balaban J connectivity index is 1.55. The molecule has 36 heavy (non-hydrogen) atoms. The van der Waals surface area contributed by atoms with E-state index in [1.807, 2.05) is 6.07 Å². The molecule has 0 atom stereocenters. The van der Waals surface area contributed by atoms with Gasteiger partial charge in [0.1, 0.15) is 5.82 Å². The van der Waals surface area contributed by atoms with Crippen LogP contribution in [-0.2, 0) is 9.47 Å². The monoisotopic (exact) mass is 490 g/mol. The lowest BCUT2D eigenvalue weighted by Crippen LogP contribution is -2.36. The maximum absolute atomic E-state index is 14.5. The zero-order valence-corrected chi connectivity index (χ0v) is 19.7. The van der Waals surface area contributed by atoms with Crippen LogP contribution in [0.2, 0.25) is 0 Å². The van der Waals surface area contributed by atoms with Gasteiger partial charge in [-0.3, -0.25) is 4.79 Å². The number of anilines is 2. The van der Waals surface area contributed by atoms with Crippen molar-refractivity contribution in [2.75, 3.05) is 43.6 Å². The third-order valence-electron chi connectivity index (χ3n) is 6.04. The highest BCUT2D eigenvalue weighted by Crippen LogP contribution is 2.30. The molecule has 0 spiro atoms. The van der Waals surface area contributed by atoms with E-state index >= 15 is 0 Å². The zero-order valence-electron chi connectivity index (χ0n) is 19.7. The number of hydrogen-bond donors (Lipinski definition) is 1. The predicted molar refractivity (Wildman–Crippen MR) is 131 cm³/mol. The summed E-state index contributed by atoms with van der Waals surface area (Å²) in [5.41, 5.74) is 2.48. The number of aromatic nitrogens is 2. The number of nitrogens with one attached hydrogen (secondary N) is 1. The van der Waals surface area contributed by atoms with Crippen LogP contribution in [0.3, 0.4) is 0 Å². The fraction of sp³-hybridized carbons (Fsp3) is 0.231. The lowest BCUT2D eigenvalue weighted by atomic mass is 10.0. The first kappa shape index (κ1) is 23.4. The van der Waals surface area contributed by atoms with Gasteiger partial charge < -0.3 is 24.2 Å². The quantitative estimate of drug-likeness (QED) is 0.415. The van der Waals surface area contributed by atoms with Gasteiger partial charge in [-0.25, -0.2) is 14.2 Å². The van der Waals surface area contributed by atoms with Gasteiger partial charge in [-0.15, -0.1) is 0 Å². The van der Waals surface area contributed by atoms with E-state index in [0.717, 1.165) is 5.69 Å². The third kappa shape index (κ3) is 4.38. The van der Waals surface area contributed by atoms with E-state index in [1.165, 1.54) is 19.2 Å². The van der Waals surface area contributed by atoms with Crippen LogP contribution < -0.4 is 10.2 Å². The maximum atomic E-state index is 14.5. The molecule has 0 unspecified atom stereocenters. The van der Waals surface area contributed by atoms with Crippen molar-refractivity contribution >= 4 is 34.4 Å². The minimum atomic E-state index is -0.589. The van der Waals surface area contributed by atoms with E-state index in [9.17, 15) is 14.0 Å². The minimum absolute atomic E-state index is 0.106. The molecule has 3 heterocycles. The minimum Gasteiger partial charge on any atom is -0.465 e. The van der Waals surface area contributed by atoms with Crippen LogP contribution in [0.5, 0.6) is 0 Å². The van der Waals surface area contributed by atoms with Crippen molar-refractivity contribution in [1.29, 1.82) is 0 Å². The molecule has 0 saturated carbocycles. The standard InChI is InChI=1S/C26H23FN4O5/c1-15-23-19(14-22(29-25(23)36-30-15)17-5-3-4-6-20(17)27)24(32)28-21-8-7-16(13-18(21)26(33)34-2)31-9-11-35-12-10-31/h3-8,13-14H,9-12H2,1-2H3,(H,28,32). The second-order valence-electron chi connectivity index (χ2n) is 8.26. The van der Waals surface area contributed by atoms with E-state index < -0.39 is 17.7 Å². The molecule has 0 radical (unpaired) electrons. The Morgan fingerprint density at radius 1 is 1.08 bits per heavy atom. The molecule has 2 aromatic carbocycles. The molecule has 0 bridgehead atoms. The number of carbonyl (C=O) groups excluding carboxylic acids is 2. The second-order valence-corrected chi connectivity index (χ2v) is 8.26. The number of methoxy groups -OCH3 is 1. The Hall–Kier alpha value is -4.31. The predicted octanol–water partition coefficient (Wildman–Crippen LogP) is 4.21. The van der Waals surface area contributed by atoms with Gasteiger partial charge in [0.25, 0.3) is 11.6 Å². The number of aryl methyl sites for hydroxylation is 1. The number of ether oxygens (including phenoxy) is 2. The van der Waals surface area contributed by atoms with Crippen molar-refractivity contribution in [3.05, 3.63) is 71.2 Å². The molecule has 1 N–H and O–H groups in total. The van der Waals surface area contributed by atoms with Crippen molar-refractivity contribution < 1.29 is 28.0 Å². The molecule has 1 amide bonds. The van der Waals surface area contributed by atoms with Crippen molar-refractivity contribution in [3.63, 3.8) is 0 Å². The SMILES string of the molecule is COC(=O)c1cc(N2CCOCC2)ccc1NC(=O)c1cc(-c2ccccc2F)nc2onc(C)c12. The van der Waals surface area contributed by atoms with E-state index in [2.05, 4.69) is 20.4 Å². The first-order chi connectivity index (χ1) is 17.5. The van der Waals surface area contributed by atoms with Gasteiger partial charge in [0.2, 0.25) is 0 Å². The van der Waals surface area contributed by atoms with Crippen molar-refractivity contribution in [2.45, 2.75) is 6.92 Å².